The Bertz CT molecular complexity index is 1190. The van der Waals surface area contributed by atoms with Crippen LogP contribution >= 0.6 is 28.2 Å². The number of aliphatic hydroxyl groups is 2. The van der Waals surface area contributed by atoms with Gasteiger partial charge in [-0.1, -0.05) is 0 Å². The number of aliphatic carboxylic acids is 1. The van der Waals surface area contributed by atoms with Crippen LogP contribution in [0.5, 0.6) is 0 Å². The van der Waals surface area contributed by atoms with Gasteiger partial charge in [0, 0.05) is 4.75 Å². The number of aromatic nitrogens is 4. The van der Waals surface area contributed by atoms with E-state index in [0.29, 0.717) is 0 Å². The number of nitrogens with one attached hydrogen (secondary N) is 1. The summed E-state index contributed by atoms with van der Waals surface area (Å²) in [5.74, 6) is -1.51. The van der Waals surface area contributed by atoms with Crippen molar-refractivity contribution in [3.8, 4) is 0 Å². The van der Waals surface area contributed by atoms with Crippen molar-refractivity contribution in [2.24, 2.45) is 0 Å². The zero-order valence-electron chi connectivity index (χ0n) is 18.1. The monoisotopic (exact) mass is 558 g/mol. The lowest BCUT2D eigenvalue weighted by Crippen LogP contribution is -2.47. The second-order valence-electron chi connectivity index (χ2n) is 8.05. The Morgan fingerprint density at radius 3 is 2.57 bits per heavy atom. The molecule has 1 fully saturated rings. The van der Waals surface area contributed by atoms with Crippen LogP contribution in [0.2, 0.25) is 0 Å². The molecule has 3 heterocycles. The van der Waals surface area contributed by atoms with E-state index in [9.17, 15) is 39.0 Å². The number of nitrogen functional groups attached to an aromatic ring is 1. The van der Waals surface area contributed by atoms with Crippen molar-refractivity contribution in [2.75, 3.05) is 12.3 Å². The Labute approximate surface area is 202 Å². The highest BCUT2D eigenvalue weighted by molar-refractivity contribution is 7.81. The number of carbonyl (C=O) groups is 1. The molecule has 0 aromatic carbocycles. The Hall–Kier alpha value is -1.69. The molecule has 3 unspecified atom stereocenters. The van der Waals surface area contributed by atoms with Crippen LogP contribution in [0.3, 0.4) is 0 Å². The first kappa shape index (κ1) is 27.9. The van der Waals surface area contributed by atoms with E-state index in [4.69, 9.17) is 10.5 Å². The molecule has 1 aliphatic rings. The van der Waals surface area contributed by atoms with Crippen molar-refractivity contribution in [3.05, 3.63) is 12.7 Å². The van der Waals surface area contributed by atoms with E-state index >= 15 is 0 Å². The molecule has 0 spiro atoms. The van der Waals surface area contributed by atoms with Gasteiger partial charge in [-0.2, -0.15) is 16.9 Å². The zero-order chi connectivity index (χ0) is 26.3. The first-order valence-electron chi connectivity index (χ1n) is 9.71. The van der Waals surface area contributed by atoms with Crippen LogP contribution in [-0.2, 0) is 27.5 Å². The second kappa shape index (κ2) is 9.99. The normalized spacial score (nSPS) is 27.4. The molecular weight excluding hydrogens is 534 g/mol. The summed E-state index contributed by atoms with van der Waals surface area (Å²) in [4.78, 5) is 42.9. The number of hydrogen-bond donors (Lipinski definition) is 8. The van der Waals surface area contributed by atoms with Gasteiger partial charge >= 0.3 is 21.5 Å². The van der Waals surface area contributed by atoms with Crippen molar-refractivity contribution in [1.29, 1.82) is 0 Å². The summed E-state index contributed by atoms with van der Waals surface area (Å²) in [6.07, 6.45) is -3.46. The van der Waals surface area contributed by atoms with Gasteiger partial charge in [0.1, 0.15) is 36.2 Å². The molecule has 0 aliphatic carbocycles. The Morgan fingerprint density at radius 1 is 1.31 bits per heavy atom. The summed E-state index contributed by atoms with van der Waals surface area (Å²) in [6, 6.07) is -1.75. The quantitative estimate of drug-likeness (QED) is 0.129. The number of carboxylic acids is 1. The van der Waals surface area contributed by atoms with E-state index in [1.807, 2.05) is 0 Å². The van der Waals surface area contributed by atoms with Crippen LogP contribution in [0, 0.1) is 0 Å². The van der Waals surface area contributed by atoms with Gasteiger partial charge in [0.2, 0.25) is 0 Å². The second-order valence-corrected chi connectivity index (χ2v) is 12.3. The maximum atomic E-state index is 12.2. The van der Waals surface area contributed by atoms with Crippen molar-refractivity contribution >= 4 is 51.1 Å². The largest absolute Gasteiger partial charge is 0.480 e. The van der Waals surface area contributed by atoms with E-state index in [1.54, 1.807) is 5.09 Å². The number of aliphatic hydroxyl groups excluding tert-OH is 2. The summed E-state index contributed by atoms with van der Waals surface area (Å²) in [5.41, 5.74) is 6.10. The Balaban J connectivity index is 1.67. The third-order valence-electron chi connectivity index (χ3n) is 4.86. The third-order valence-corrected chi connectivity index (χ3v) is 7.89. The van der Waals surface area contributed by atoms with E-state index in [0.717, 1.165) is 6.33 Å². The fourth-order valence-electron chi connectivity index (χ4n) is 3.19. The molecule has 35 heavy (non-hydrogen) atoms. The predicted octanol–water partition coefficient (Wildman–Crippen LogP) is -0.987. The average Bonchev–Trinajstić information content (AvgIpc) is 3.26. The highest BCUT2D eigenvalue weighted by atomic mass is 32.1. The number of phosphoric acid groups is 1. The van der Waals surface area contributed by atoms with Crippen molar-refractivity contribution < 1.29 is 52.6 Å². The standard InChI is InChI=1S/C15H24N6O11P2S/c1-15(2,35)10(14(24)25)20-33(26,27)32-34(28,29)30-3-6-8(22)9(23)13(31-6)21-5-19-7-11(16)17-4-18-12(7)21/h4-6,8-10,13,22-23,35H,3H2,1-2H3,(H,24,25)(H,28,29)(H2,16,17,18)(H2,20,26,27)/t6-,8-,9-,10?,13-/m1/s1. The number of anilines is 1. The molecule has 17 nitrogen and oxygen atoms in total. The summed E-state index contributed by atoms with van der Waals surface area (Å²) in [7, 11) is -10.5. The van der Waals surface area contributed by atoms with Gasteiger partial charge in [0.15, 0.2) is 17.7 Å². The topological polar surface area (TPSA) is 262 Å². The smallest absolute Gasteiger partial charge is 0.480 e. The molecule has 1 aliphatic heterocycles. The van der Waals surface area contributed by atoms with Crippen LogP contribution in [0.25, 0.3) is 11.2 Å². The van der Waals surface area contributed by atoms with Gasteiger partial charge in [-0.05, 0) is 13.8 Å². The van der Waals surface area contributed by atoms with E-state index < -0.39 is 63.5 Å². The molecule has 0 saturated carbocycles. The lowest BCUT2D eigenvalue weighted by Gasteiger charge is -2.28. The van der Waals surface area contributed by atoms with Crippen LogP contribution in [0.15, 0.2) is 12.7 Å². The molecule has 8 N–H and O–H groups in total. The van der Waals surface area contributed by atoms with Gasteiger partial charge < -0.3 is 35.6 Å². The fourth-order valence-corrected chi connectivity index (χ4v) is 6.05. The van der Waals surface area contributed by atoms with Crippen molar-refractivity contribution in [1.82, 2.24) is 24.6 Å². The highest BCUT2D eigenvalue weighted by Crippen LogP contribution is 2.58. The number of phosphoric ester groups is 1. The molecule has 2 aromatic heterocycles. The Kier molecular flexibility index (Phi) is 7.96. The first-order chi connectivity index (χ1) is 16.0. The van der Waals surface area contributed by atoms with E-state index in [-0.39, 0.29) is 17.0 Å². The number of fused-ring (bicyclic) bond motifs is 1. The maximum absolute atomic E-state index is 12.2. The number of carboxylic acid groups (broad SMARTS) is 1. The molecule has 20 heteroatoms. The van der Waals surface area contributed by atoms with Gasteiger partial charge in [-0.3, -0.25) is 13.9 Å². The fraction of sp³-hybridized carbons (Fsp3) is 0.600. The lowest BCUT2D eigenvalue weighted by molar-refractivity contribution is -0.139. The number of nitrogens with zero attached hydrogens (tertiary/aromatic N) is 4. The molecule has 7 atom stereocenters. The molecule has 0 radical (unpaired) electrons. The summed E-state index contributed by atoms with van der Waals surface area (Å²) >= 11 is 4.01. The van der Waals surface area contributed by atoms with Crippen LogP contribution < -0.4 is 10.8 Å². The van der Waals surface area contributed by atoms with Crippen molar-refractivity contribution in [3.63, 3.8) is 0 Å². The SMILES string of the molecule is CC(C)(S)C(NP(=O)(O)OP(=O)(O)OC[C@H]1O[C@@H](n2cnc3c(N)ncnc32)[C@H](O)[C@@H]1O)C(=O)O. The molecular formula is C15H24N6O11P2S. The van der Waals surface area contributed by atoms with Crippen LogP contribution in [0.4, 0.5) is 5.82 Å². The average molecular weight is 558 g/mol. The summed E-state index contributed by atoms with van der Waals surface area (Å²) in [5, 5.41) is 31.6. The Morgan fingerprint density at radius 2 is 1.97 bits per heavy atom. The zero-order valence-corrected chi connectivity index (χ0v) is 20.8. The minimum atomic E-state index is -5.30. The molecule has 0 amide bonds. The number of ether oxygens (including phenoxy) is 1. The van der Waals surface area contributed by atoms with Crippen molar-refractivity contribution in [2.45, 2.75) is 49.2 Å². The number of imidazole rings is 1. The van der Waals surface area contributed by atoms with Crippen LogP contribution in [-0.4, -0.2) is 86.3 Å². The third kappa shape index (κ3) is 6.36. The number of hydrogen-bond acceptors (Lipinski definition) is 13. The van der Waals surface area contributed by atoms with Gasteiger partial charge in [0.05, 0.1) is 12.9 Å². The summed E-state index contributed by atoms with van der Waals surface area (Å²) in [6.45, 7) is 1.77. The van der Waals surface area contributed by atoms with Gasteiger partial charge in [-0.25, -0.2) is 29.2 Å². The van der Waals surface area contributed by atoms with Gasteiger partial charge in [0.25, 0.3) is 0 Å². The number of rotatable bonds is 10. The minimum absolute atomic E-state index is 0.0634. The highest BCUT2D eigenvalue weighted by Gasteiger charge is 2.47. The number of nitrogens with two attached hydrogens (primary N) is 1. The molecule has 1 saturated heterocycles. The molecule has 3 rings (SSSR count). The summed E-state index contributed by atoms with van der Waals surface area (Å²) < 4.78 is 38.7. The predicted molar refractivity (Wildman–Crippen MR) is 120 cm³/mol. The minimum Gasteiger partial charge on any atom is -0.480 e. The van der Waals surface area contributed by atoms with Gasteiger partial charge in [-0.15, -0.1) is 0 Å². The molecule has 2 aromatic rings. The van der Waals surface area contributed by atoms with E-state index in [2.05, 4.69) is 36.4 Å². The maximum Gasteiger partial charge on any atom is 0.480 e. The molecule has 0 bridgehead atoms. The number of thiol groups is 1. The van der Waals surface area contributed by atoms with E-state index in [1.165, 1.54) is 24.7 Å². The van der Waals surface area contributed by atoms with Crippen LogP contribution in [0.1, 0.15) is 20.1 Å². The lowest BCUT2D eigenvalue weighted by atomic mass is 10.1. The molecule has 196 valence electrons. The first-order valence-corrected chi connectivity index (χ1v) is 13.2.